The molecule has 1 aliphatic carbocycles. The summed E-state index contributed by atoms with van der Waals surface area (Å²) in [5.41, 5.74) is 2.87. The third-order valence-corrected chi connectivity index (χ3v) is 8.73. The number of rotatable bonds is 5. The number of carbonyl (C=O) groups is 1. The molecule has 3 saturated heterocycles. The van der Waals surface area contributed by atoms with Gasteiger partial charge in [0.05, 0.1) is 6.54 Å². The fourth-order valence-corrected chi connectivity index (χ4v) is 6.85. The molecule has 1 saturated carbocycles. The van der Waals surface area contributed by atoms with E-state index in [-0.39, 0.29) is 11.6 Å². The Morgan fingerprint density at radius 2 is 1.39 bits per heavy atom. The van der Waals surface area contributed by atoms with Gasteiger partial charge in [-0.1, -0.05) is 67.1 Å². The molecule has 1 amide bonds. The van der Waals surface area contributed by atoms with Crippen LogP contribution in [0.5, 0.6) is 0 Å². The number of amides is 1. The lowest BCUT2D eigenvalue weighted by Gasteiger charge is -2.51. The summed E-state index contributed by atoms with van der Waals surface area (Å²) in [4.78, 5) is 21.1. The van der Waals surface area contributed by atoms with E-state index in [0.29, 0.717) is 24.3 Å². The summed E-state index contributed by atoms with van der Waals surface area (Å²) in [7, 11) is 4.49. The first-order valence-electron chi connectivity index (χ1n) is 12.9. The predicted molar refractivity (Wildman–Crippen MR) is 134 cm³/mol. The van der Waals surface area contributed by atoms with Gasteiger partial charge in [0.2, 0.25) is 5.91 Å². The molecule has 3 heterocycles. The molecule has 4 aliphatic rings. The minimum Gasteiger partial charge on any atom is -0.337 e. The molecule has 0 radical (unpaired) electrons. The number of piperidine rings is 1. The molecular weight excluding hydrogens is 406 g/mol. The molecule has 33 heavy (non-hydrogen) atoms. The van der Waals surface area contributed by atoms with E-state index in [1.807, 2.05) is 0 Å². The monoisotopic (exact) mass is 445 g/mol. The second-order valence-corrected chi connectivity index (χ2v) is 10.7. The summed E-state index contributed by atoms with van der Waals surface area (Å²) in [5.74, 6) is 1.03. The molecule has 176 valence electrons. The molecule has 2 atom stereocenters. The molecule has 2 bridgehead atoms. The molecule has 2 aromatic rings. The van der Waals surface area contributed by atoms with Gasteiger partial charge in [0, 0.05) is 30.0 Å². The van der Waals surface area contributed by atoms with Gasteiger partial charge in [-0.2, -0.15) is 0 Å². The van der Waals surface area contributed by atoms with Crippen molar-refractivity contribution in [2.45, 2.75) is 61.9 Å². The Balaban J connectivity index is 1.56. The van der Waals surface area contributed by atoms with Crippen LogP contribution in [0.4, 0.5) is 0 Å². The number of likely N-dealkylation sites (tertiary alicyclic amines) is 1. The molecule has 0 spiro atoms. The third-order valence-electron chi connectivity index (χ3n) is 8.73. The minimum absolute atomic E-state index is 0.109. The lowest BCUT2D eigenvalue weighted by atomic mass is 9.63. The molecule has 2 unspecified atom stereocenters. The van der Waals surface area contributed by atoms with Gasteiger partial charge in [0.1, 0.15) is 0 Å². The summed E-state index contributed by atoms with van der Waals surface area (Å²) < 4.78 is 0. The third kappa shape index (κ3) is 4.48. The van der Waals surface area contributed by atoms with Crippen molar-refractivity contribution in [3.8, 4) is 0 Å². The largest absolute Gasteiger partial charge is 0.337 e. The minimum atomic E-state index is 0.109. The Morgan fingerprint density at radius 3 is 1.91 bits per heavy atom. The first-order chi connectivity index (χ1) is 16.1. The van der Waals surface area contributed by atoms with Gasteiger partial charge in [-0.3, -0.25) is 9.69 Å². The molecule has 4 nitrogen and oxygen atoms in total. The zero-order chi connectivity index (χ0) is 22.8. The molecule has 6 rings (SSSR count). The number of hydrogen-bond acceptors (Lipinski definition) is 3. The predicted octanol–water partition coefficient (Wildman–Crippen LogP) is 4.74. The molecular formula is C29H39N3O. The maximum absolute atomic E-state index is 13.9. The van der Waals surface area contributed by atoms with Gasteiger partial charge < -0.3 is 9.80 Å². The van der Waals surface area contributed by atoms with E-state index in [1.165, 1.54) is 30.4 Å². The van der Waals surface area contributed by atoms with Crippen molar-refractivity contribution in [3.05, 3.63) is 71.8 Å². The van der Waals surface area contributed by atoms with Crippen LogP contribution in [0.3, 0.4) is 0 Å². The smallest absolute Gasteiger partial charge is 0.237 e. The van der Waals surface area contributed by atoms with Crippen LogP contribution < -0.4 is 0 Å². The van der Waals surface area contributed by atoms with Crippen molar-refractivity contribution in [1.29, 1.82) is 0 Å². The van der Waals surface area contributed by atoms with E-state index in [0.717, 1.165) is 38.9 Å². The molecule has 4 fully saturated rings. The van der Waals surface area contributed by atoms with Crippen molar-refractivity contribution >= 4 is 5.91 Å². The topological polar surface area (TPSA) is 26.8 Å². The summed E-state index contributed by atoms with van der Waals surface area (Å²) in [6.45, 7) is 3.57. The normalized spacial score (nSPS) is 30.4. The van der Waals surface area contributed by atoms with Crippen molar-refractivity contribution in [2.24, 2.45) is 0 Å². The highest BCUT2D eigenvalue weighted by Gasteiger charge is 2.53. The second kappa shape index (κ2) is 9.60. The van der Waals surface area contributed by atoms with Crippen molar-refractivity contribution in [1.82, 2.24) is 14.7 Å². The van der Waals surface area contributed by atoms with Gasteiger partial charge in [-0.15, -0.1) is 0 Å². The van der Waals surface area contributed by atoms with Crippen LogP contribution in [0.1, 0.15) is 61.5 Å². The van der Waals surface area contributed by atoms with Crippen LogP contribution in [0, 0.1) is 0 Å². The Bertz CT molecular complexity index is 873. The number of hydrogen-bond donors (Lipinski definition) is 0. The second-order valence-electron chi connectivity index (χ2n) is 10.7. The fourth-order valence-electron chi connectivity index (χ4n) is 6.85. The molecule has 4 heteroatoms. The van der Waals surface area contributed by atoms with Crippen LogP contribution in [0.15, 0.2) is 60.7 Å². The SMILES string of the molecule is CN(C)C12CCN(C(=O)CN3CCCCC3)C(C(c3ccccc3)C1)C(c1ccccc1)C2. The van der Waals surface area contributed by atoms with Crippen LogP contribution in [0.2, 0.25) is 0 Å². The maximum Gasteiger partial charge on any atom is 0.237 e. The number of nitrogens with zero attached hydrogens (tertiary/aromatic N) is 3. The Kier molecular flexibility index (Phi) is 6.58. The van der Waals surface area contributed by atoms with Gasteiger partial charge in [-0.05, 0) is 70.4 Å². The van der Waals surface area contributed by atoms with Crippen molar-refractivity contribution in [3.63, 3.8) is 0 Å². The van der Waals surface area contributed by atoms with E-state index in [2.05, 4.69) is 89.5 Å². The van der Waals surface area contributed by atoms with Crippen LogP contribution in [0.25, 0.3) is 0 Å². The number of carbonyl (C=O) groups excluding carboxylic acids is 1. The highest BCUT2D eigenvalue weighted by atomic mass is 16.2. The molecule has 3 aliphatic heterocycles. The highest BCUT2D eigenvalue weighted by molar-refractivity contribution is 5.79. The van der Waals surface area contributed by atoms with E-state index in [4.69, 9.17) is 0 Å². The Labute approximate surface area is 199 Å². The summed E-state index contributed by atoms with van der Waals surface area (Å²) in [6.07, 6.45) is 7.03. The zero-order valence-electron chi connectivity index (χ0n) is 20.3. The zero-order valence-corrected chi connectivity index (χ0v) is 20.3. The molecule has 2 aromatic carbocycles. The fraction of sp³-hybridized carbons (Fsp3) is 0.552. The lowest BCUT2D eigenvalue weighted by Crippen LogP contribution is -2.54. The average Bonchev–Trinajstić information content (AvgIpc) is 3.14. The van der Waals surface area contributed by atoms with Gasteiger partial charge >= 0.3 is 0 Å². The standard InChI is InChI=1S/C29H39N3O/c1-30(2)29-16-19-32(27(33)22-31-17-10-5-11-18-31)28(25(20-29)23-12-6-3-7-13-23)26(21-29)24-14-8-4-9-15-24/h3-4,6-9,12-15,25-26,28H,5,10-11,16-22H2,1-2H3. The van der Waals surface area contributed by atoms with Crippen LogP contribution >= 0.6 is 0 Å². The first kappa shape index (κ1) is 22.6. The van der Waals surface area contributed by atoms with Crippen LogP contribution in [-0.4, -0.2) is 72.5 Å². The van der Waals surface area contributed by atoms with E-state index in [1.54, 1.807) is 0 Å². The van der Waals surface area contributed by atoms with Crippen LogP contribution in [-0.2, 0) is 4.79 Å². The Morgan fingerprint density at radius 1 is 0.848 bits per heavy atom. The molecule has 0 N–H and O–H groups in total. The van der Waals surface area contributed by atoms with Crippen molar-refractivity contribution in [2.75, 3.05) is 40.3 Å². The summed E-state index contributed by atoms with van der Waals surface area (Å²) >= 11 is 0. The van der Waals surface area contributed by atoms with Gasteiger partial charge in [0.15, 0.2) is 0 Å². The van der Waals surface area contributed by atoms with Crippen molar-refractivity contribution < 1.29 is 4.79 Å². The maximum atomic E-state index is 13.9. The number of benzene rings is 2. The number of fused-ring (bicyclic) bond motifs is 4. The first-order valence-corrected chi connectivity index (χ1v) is 12.9. The highest BCUT2D eigenvalue weighted by Crippen LogP contribution is 2.53. The quantitative estimate of drug-likeness (QED) is 0.665. The average molecular weight is 446 g/mol. The van der Waals surface area contributed by atoms with Gasteiger partial charge in [-0.25, -0.2) is 0 Å². The summed E-state index contributed by atoms with van der Waals surface area (Å²) in [6, 6.07) is 22.2. The van der Waals surface area contributed by atoms with E-state index in [9.17, 15) is 4.79 Å². The van der Waals surface area contributed by atoms with Gasteiger partial charge in [0.25, 0.3) is 0 Å². The lowest BCUT2D eigenvalue weighted by molar-refractivity contribution is -0.135. The molecule has 0 aromatic heterocycles. The van der Waals surface area contributed by atoms with E-state index < -0.39 is 0 Å². The summed E-state index contributed by atoms with van der Waals surface area (Å²) in [5, 5.41) is 0. The van der Waals surface area contributed by atoms with E-state index >= 15 is 0 Å². The Hall–Kier alpha value is -2.17.